The highest BCUT2D eigenvalue weighted by Crippen LogP contribution is 2.26. The van der Waals surface area contributed by atoms with Crippen LogP contribution in [0, 0.1) is 0 Å². The quantitative estimate of drug-likeness (QED) is 0.625. The number of carbonyl (C=O) groups excluding carboxylic acids is 1. The smallest absolute Gasteiger partial charge is 0.258 e. The molecular formula is C22H24ClN3O3S. The number of halogens is 1. The first kappa shape index (κ1) is 22.1. The molecule has 158 valence electrons. The van der Waals surface area contributed by atoms with Gasteiger partial charge < -0.3 is 5.32 Å². The molecule has 0 aliphatic rings. The lowest BCUT2D eigenvalue weighted by Crippen LogP contribution is -2.17. The number of amides is 1. The molecule has 3 aromatic rings. The fraction of sp³-hybridized carbons (Fsp3) is 0.273. The molecule has 0 bridgehead atoms. The van der Waals surface area contributed by atoms with E-state index in [0.717, 1.165) is 17.5 Å². The van der Waals surface area contributed by atoms with Crippen molar-refractivity contribution in [1.29, 1.82) is 0 Å². The van der Waals surface area contributed by atoms with Crippen LogP contribution in [0.5, 0.6) is 0 Å². The standard InChI is InChI=1S/C22H24ClN3O3S/c1-22(2,3)19-13-20(26(25-19)14-15-8-6-5-7-9-15)24-21(27)17-12-16(30(4,28)29)10-11-18(17)23/h5-13H,14H2,1-4H3,(H,24,27). The van der Waals surface area contributed by atoms with Gasteiger partial charge in [0.1, 0.15) is 5.82 Å². The molecule has 30 heavy (non-hydrogen) atoms. The van der Waals surface area contributed by atoms with E-state index in [9.17, 15) is 13.2 Å². The second kappa shape index (κ2) is 8.24. The summed E-state index contributed by atoms with van der Waals surface area (Å²) in [4.78, 5) is 13.0. The maximum atomic E-state index is 12.9. The summed E-state index contributed by atoms with van der Waals surface area (Å²) in [6.07, 6.45) is 1.09. The molecule has 1 N–H and O–H groups in total. The predicted molar refractivity (Wildman–Crippen MR) is 119 cm³/mol. The molecule has 8 heteroatoms. The van der Waals surface area contributed by atoms with Crippen LogP contribution in [0.2, 0.25) is 5.02 Å². The van der Waals surface area contributed by atoms with E-state index in [1.54, 1.807) is 4.68 Å². The first-order valence-corrected chi connectivity index (χ1v) is 11.7. The molecule has 0 saturated heterocycles. The van der Waals surface area contributed by atoms with Crippen LogP contribution in [-0.2, 0) is 21.8 Å². The van der Waals surface area contributed by atoms with Crippen molar-refractivity contribution in [3.8, 4) is 0 Å². The molecule has 0 atom stereocenters. The summed E-state index contributed by atoms with van der Waals surface area (Å²) in [6.45, 7) is 6.60. The minimum atomic E-state index is -3.47. The van der Waals surface area contributed by atoms with Gasteiger partial charge in [0.2, 0.25) is 0 Å². The summed E-state index contributed by atoms with van der Waals surface area (Å²) >= 11 is 6.18. The second-order valence-corrected chi connectivity index (χ2v) is 10.6. The summed E-state index contributed by atoms with van der Waals surface area (Å²) in [6, 6.07) is 15.7. The van der Waals surface area contributed by atoms with Gasteiger partial charge in [-0.05, 0) is 23.8 Å². The van der Waals surface area contributed by atoms with Crippen molar-refractivity contribution in [2.75, 3.05) is 11.6 Å². The number of aromatic nitrogens is 2. The zero-order chi connectivity index (χ0) is 22.1. The second-order valence-electron chi connectivity index (χ2n) is 8.18. The van der Waals surface area contributed by atoms with Crippen molar-refractivity contribution in [3.05, 3.63) is 76.4 Å². The molecule has 1 heterocycles. The highest BCUT2D eigenvalue weighted by atomic mass is 35.5. The molecule has 6 nitrogen and oxygen atoms in total. The van der Waals surface area contributed by atoms with E-state index in [2.05, 4.69) is 10.4 Å². The molecule has 3 rings (SSSR count). The van der Waals surface area contributed by atoms with Crippen LogP contribution in [0.25, 0.3) is 0 Å². The van der Waals surface area contributed by atoms with Crippen molar-refractivity contribution in [2.45, 2.75) is 37.6 Å². The number of benzene rings is 2. The van der Waals surface area contributed by atoms with Crippen molar-refractivity contribution in [1.82, 2.24) is 9.78 Å². The van der Waals surface area contributed by atoms with E-state index in [0.29, 0.717) is 12.4 Å². The molecule has 1 aromatic heterocycles. The summed E-state index contributed by atoms with van der Waals surface area (Å²) in [7, 11) is -3.47. The minimum absolute atomic E-state index is 0.0326. The monoisotopic (exact) mass is 445 g/mol. The predicted octanol–water partition coefficient (Wildman–Crippen LogP) is 4.54. The number of nitrogens with one attached hydrogen (secondary N) is 1. The van der Waals surface area contributed by atoms with Gasteiger partial charge in [0.05, 0.1) is 27.7 Å². The third kappa shape index (κ3) is 5.09. The van der Waals surface area contributed by atoms with Gasteiger partial charge in [0.25, 0.3) is 5.91 Å². The minimum Gasteiger partial charge on any atom is -0.307 e. The molecule has 1 amide bonds. The number of hydrogen-bond acceptors (Lipinski definition) is 4. The number of carbonyl (C=O) groups is 1. The number of sulfone groups is 1. The third-order valence-corrected chi connectivity index (χ3v) is 6.02. The maximum absolute atomic E-state index is 12.9. The number of rotatable bonds is 5. The Morgan fingerprint density at radius 1 is 1.10 bits per heavy atom. The number of anilines is 1. The SMILES string of the molecule is CC(C)(C)c1cc(NC(=O)c2cc(S(C)(=O)=O)ccc2Cl)n(Cc2ccccc2)n1. The van der Waals surface area contributed by atoms with Gasteiger partial charge in [-0.2, -0.15) is 5.10 Å². The van der Waals surface area contributed by atoms with Gasteiger partial charge in [-0.25, -0.2) is 13.1 Å². The lowest BCUT2D eigenvalue weighted by molar-refractivity contribution is 0.102. The van der Waals surface area contributed by atoms with Crippen LogP contribution in [0.15, 0.2) is 59.5 Å². The van der Waals surface area contributed by atoms with Crippen LogP contribution in [0.1, 0.15) is 42.4 Å². The van der Waals surface area contributed by atoms with Gasteiger partial charge in [-0.1, -0.05) is 62.7 Å². The Labute approximate surface area is 181 Å². The van der Waals surface area contributed by atoms with E-state index >= 15 is 0 Å². The van der Waals surface area contributed by atoms with Crippen LogP contribution in [0.4, 0.5) is 5.82 Å². The van der Waals surface area contributed by atoms with Crippen molar-refractivity contribution < 1.29 is 13.2 Å². The van der Waals surface area contributed by atoms with Crippen molar-refractivity contribution in [3.63, 3.8) is 0 Å². The van der Waals surface area contributed by atoms with Crippen LogP contribution in [0.3, 0.4) is 0 Å². The lowest BCUT2D eigenvalue weighted by atomic mass is 9.92. The van der Waals surface area contributed by atoms with Crippen molar-refractivity contribution in [2.24, 2.45) is 0 Å². The fourth-order valence-corrected chi connectivity index (χ4v) is 3.70. The van der Waals surface area contributed by atoms with Crippen molar-refractivity contribution >= 4 is 33.2 Å². The molecule has 0 fully saturated rings. The first-order chi connectivity index (χ1) is 13.9. The molecule has 0 spiro atoms. The maximum Gasteiger partial charge on any atom is 0.258 e. The van der Waals surface area contributed by atoms with E-state index in [1.165, 1.54) is 18.2 Å². The normalized spacial score (nSPS) is 12.0. The Hall–Kier alpha value is -2.64. The fourth-order valence-electron chi connectivity index (χ4n) is 2.85. The third-order valence-electron chi connectivity index (χ3n) is 4.58. The summed E-state index contributed by atoms with van der Waals surface area (Å²) < 4.78 is 25.4. The largest absolute Gasteiger partial charge is 0.307 e. The number of nitrogens with zero attached hydrogens (tertiary/aromatic N) is 2. The van der Waals surface area contributed by atoms with Gasteiger partial charge >= 0.3 is 0 Å². The zero-order valence-electron chi connectivity index (χ0n) is 17.3. The first-order valence-electron chi connectivity index (χ1n) is 9.38. The van der Waals surface area contributed by atoms with Crippen LogP contribution in [-0.4, -0.2) is 30.4 Å². The summed E-state index contributed by atoms with van der Waals surface area (Å²) in [5.41, 5.74) is 1.73. The van der Waals surface area contributed by atoms with E-state index in [-0.39, 0.29) is 20.9 Å². The van der Waals surface area contributed by atoms with Gasteiger partial charge in [-0.15, -0.1) is 0 Å². The molecule has 0 unspecified atom stereocenters. The van der Waals surface area contributed by atoms with Gasteiger partial charge in [0.15, 0.2) is 9.84 Å². The van der Waals surface area contributed by atoms with E-state index in [1.807, 2.05) is 57.2 Å². The molecule has 0 aliphatic carbocycles. The van der Waals surface area contributed by atoms with E-state index < -0.39 is 15.7 Å². The highest BCUT2D eigenvalue weighted by molar-refractivity contribution is 7.90. The lowest BCUT2D eigenvalue weighted by Gasteiger charge is -2.14. The highest BCUT2D eigenvalue weighted by Gasteiger charge is 2.22. The molecule has 0 saturated carbocycles. The average molecular weight is 446 g/mol. The Morgan fingerprint density at radius 3 is 2.37 bits per heavy atom. The summed E-state index contributed by atoms with van der Waals surface area (Å²) in [5, 5.41) is 7.69. The van der Waals surface area contributed by atoms with Gasteiger partial charge in [0, 0.05) is 17.7 Å². The zero-order valence-corrected chi connectivity index (χ0v) is 18.9. The summed E-state index contributed by atoms with van der Waals surface area (Å²) in [5.74, 6) is 0.00905. The molecule has 0 radical (unpaired) electrons. The van der Waals surface area contributed by atoms with Gasteiger partial charge in [-0.3, -0.25) is 4.79 Å². The molecule has 2 aromatic carbocycles. The number of hydrogen-bond donors (Lipinski definition) is 1. The Balaban J connectivity index is 1.97. The van der Waals surface area contributed by atoms with E-state index in [4.69, 9.17) is 11.6 Å². The van der Waals surface area contributed by atoms with Crippen LogP contribution < -0.4 is 5.32 Å². The Bertz CT molecular complexity index is 1180. The Morgan fingerprint density at radius 2 is 1.77 bits per heavy atom. The molecule has 0 aliphatic heterocycles. The Kier molecular flexibility index (Phi) is 6.06. The molecular weight excluding hydrogens is 422 g/mol. The average Bonchev–Trinajstić information content (AvgIpc) is 3.04. The topological polar surface area (TPSA) is 81.1 Å². The van der Waals surface area contributed by atoms with Crippen LogP contribution >= 0.6 is 11.6 Å².